The second-order valence-electron chi connectivity index (χ2n) is 3.10. The molecule has 2 aromatic rings. The number of aryl methyl sites for hydroxylation is 1. The van der Waals surface area contributed by atoms with Crippen LogP contribution >= 0.6 is 0 Å². The van der Waals surface area contributed by atoms with Crippen LogP contribution < -0.4 is 0 Å². The fourth-order valence-corrected chi connectivity index (χ4v) is 1.41. The van der Waals surface area contributed by atoms with Crippen LogP contribution in [0.15, 0.2) is 16.7 Å². The summed E-state index contributed by atoms with van der Waals surface area (Å²) in [5, 5.41) is 13.9. The SMILES string of the molecule is COC(=O)c1c(O)ccc2c(C)noc12. The van der Waals surface area contributed by atoms with Crippen LogP contribution in [0.3, 0.4) is 0 Å². The Labute approximate surface area is 85.2 Å². The second-order valence-corrected chi connectivity index (χ2v) is 3.10. The number of esters is 1. The zero-order chi connectivity index (χ0) is 11.0. The van der Waals surface area contributed by atoms with Gasteiger partial charge in [-0.2, -0.15) is 0 Å². The lowest BCUT2D eigenvalue weighted by atomic mass is 10.1. The molecule has 5 heteroatoms. The Morgan fingerprint density at radius 3 is 2.93 bits per heavy atom. The van der Waals surface area contributed by atoms with Crippen molar-refractivity contribution in [1.29, 1.82) is 0 Å². The van der Waals surface area contributed by atoms with Crippen molar-refractivity contribution in [3.8, 4) is 5.75 Å². The van der Waals surface area contributed by atoms with E-state index in [4.69, 9.17) is 4.52 Å². The van der Waals surface area contributed by atoms with Crippen LogP contribution in [0.4, 0.5) is 0 Å². The van der Waals surface area contributed by atoms with E-state index in [1.807, 2.05) is 0 Å². The van der Waals surface area contributed by atoms with Crippen molar-refractivity contribution in [1.82, 2.24) is 5.16 Å². The van der Waals surface area contributed by atoms with Gasteiger partial charge in [0.05, 0.1) is 12.8 Å². The van der Waals surface area contributed by atoms with Gasteiger partial charge in [-0.05, 0) is 19.1 Å². The predicted octanol–water partition coefficient (Wildman–Crippen LogP) is 1.63. The number of aromatic nitrogens is 1. The molecule has 1 heterocycles. The summed E-state index contributed by atoms with van der Waals surface area (Å²) in [4.78, 5) is 11.4. The highest BCUT2D eigenvalue weighted by Gasteiger charge is 2.20. The first-order valence-electron chi connectivity index (χ1n) is 4.31. The standard InChI is InChI=1S/C10H9NO4/c1-5-6-3-4-7(12)8(10(13)14-2)9(6)15-11-5/h3-4,12H,1-2H3. The molecule has 1 aromatic heterocycles. The molecular formula is C10H9NO4. The molecule has 0 aliphatic carbocycles. The van der Waals surface area contributed by atoms with Crippen molar-refractivity contribution in [2.45, 2.75) is 6.92 Å². The Kier molecular flexibility index (Phi) is 2.07. The second kappa shape index (κ2) is 3.27. The van der Waals surface area contributed by atoms with E-state index in [0.717, 1.165) is 0 Å². The molecule has 0 radical (unpaired) electrons. The third-order valence-electron chi connectivity index (χ3n) is 2.19. The molecule has 0 aliphatic heterocycles. The number of phenols is 1. The molecule has 0 bridgehead atoms. The number of rotatable bonds is 1. The van der Waals surface area contributed by atoms with Crippen molar-refractivity contribution in [2.75, 3.05) is 7.11 Å². The minimum Gasteiger partial charge on any atom is -0.507 e. The third kappa shape index (κ3) is 1.32. The van der Waals surface area contributed by atoms with Crippen LogP contribution in [-0.2, 0) is 4.74 Å². The molecule has 0 saturated carbocycles. The molecular weight excluding hydrogens is 198 g/mol. The summed E-state index contributed by atoms with van der Waals surface area (Å²) in [7, 11) is 1.24. The summed E-state index contributed by atoms with van der Waals surface area (Å²) >= 11 is 0. The Bertz CT molecular complexity index is 529. The molecule has 0 aliphatic rings. The maximum absolute atomic E-state index is 11.4. The Balaban J connectivity index is 2.80. The van der Waals surface area contributed by atoms with Crippen molar-refractivity contribution in [2.24, 2.45) is 0 Å². The number of aromatic hydroxyl groups is 1. The van der Waals surface area contributed by atoms with E-state index in [-0.39, 0.29) is 16.9 Å². The summed E-state index contributed by atoms with van der Waals surface area (Å²) in [6.45, 7) is 1.75. The van der Waals surface area contributed by atoms with Gasteiger partial charge in [0.2, 0.25) is 0 Å². The molecule has 0 fully saturated rings. The predicted molar refractivity (Wildman–Crippen MR) is 51.8 cm³/mol. The lowest BCUT2D eigenvalue weighted by Gasteiger charge is -2.01. The van der Waals surface area contributed by atoms with E-state index in [0.29, 0.717) is 11.1 Å². The maximum atomic E-state index is 11.4. The fraction of sp³-hybridized carbons (Fsp3) is 0.200. The van der Waals surface area contributed by atoms with Gasteiger partial charge >= 0.3 is 5.97 Å². The van der Waals surface area contributed by atoms with Gasteiger partial charge in [-0.15, -0.1) is 0 Å². The van der Waals surface area contributed by atoms with E-state index >= 15 is 0 Å². The zero-order valence-corrected chi connectivity index (χ0v) is 8.27. The van der Waals surface area contributed by atoms with Gasteiger partial charge < -0.3 is 14.4 Å². The Morgan fingerprint density at radius 1 is 1.53 bits per heavy atom. The number of hydrogen-bond acceptors (Lipinski definition) is 5. The number of phenolic OH excluding ortho intramolecular Hbond substituents is 1. The summed E-state index contributed by atoms with van der Waals surface area (Å²) in [6.07, 6.45) is 0. The Hall–Kier alpha value is -2.04. The number of fused-ring (bicyclic) bond motifs is 1. The first-order valence-corrected chi connectivity index (χ1v) is 4.31. The summed E-state index contributed by atoms with van der Waals surface area (Å²) in [5.41, 5.74) is 0.921. The largest absolute Gasteiger partial charge is 0.507 e. The summed E-state index contributed by atoms with van der Waals surface area (Å²) < 4.78 is 9.52. The maximum Gasteiger partial charge on any atom is 0.345 e. The van der Waals surface area contributed by atoms with Crippen LogP contribution in [0.5, 0.6) is 5.75 Å². The molecule has 78 valence electrons. The number of carbonyl (C=O) groups excluding carboxylic acids is 1. The molecule has 5 nitrogen and oxygen atoms in total. The average Bonchev–Trinajstić information content (AvgIpc) is 2.59. The quantitative estimate of drug-likeness (QED) is 0.719. The molecule has 15 heavy (non-hydrogen) atoms. The zero-order valence-electron chi connectivity index (χ0n) is 8.27. The first-order chi connectivity index (χ1) is 7.15. The molecule has 1 aromatic carbocycles. The van der Waals surface area contributed by atoms with Gasteiger partial charge in [-0.1, -0.05) is 5.16 Å². The highest BCUT2D eigenvalue weighted by Crippen LogP contribution is 2.29. The third-order valence-corrected chi connectivity index (χ3v) is 2.19. The molecule has 0 unspecified atom stereocenters. The van der Waals surface area contributed by atoms with Crippen molar-refractivity contribution in [3.63, 3.8) is 0 Å². The Morgan fingerprint density at radius 2 is 2.27 bits per heavy atom. The van der Waals surface area contributed by atoms with Crippen LogP contribution in [0.1, 0.15) is 16.1 Å². The monoisotopic (exact) mass is 207 g/mol. The highest BCUT2D eigenvalue weighted by atomic mass is 16.5. The van der Waals surface area contributed by atoms with Gasteiger partial charge in [-0.25, -0.2) is 4.79 Å². The minimum atomic E-state index is -0.644. The van der Waals surface area contributed by atoms with Crippen LogP contribution in [-0.4, -0.2) is 23.3 Å². The van der Waals surface area contributed by atoms with Crippen LogP contribution in [0.25, 0.3) is 11.0 Å². The van der Waals surface area contributed by atoms with Gasteiger partial charge in [0, 0.05) is 5.39 Å². The van der Waals surface area contributed by atoms with Crippen molar-refractivity contribution >= 4 is 16.9 Å². The van der Waals surface area contributed by atoms with Gasteiger partial charge in [0.1, 0.15) is 11.3 Å². The molecule has 0 amide bonds. The van der Waals surface area contributed by atoms with E-state index < -0.39 is 5.97 Å². The van der Waals surface area contributed by atoms with E-state index in [1.54, 1.807) is 13.0 Å². The topological polar surface area (TPSA) is 72.6 Å². The van der Waals surface area contributed by atoms with Gasteiger partial charge in [0.25, 0.3) is 0 Å². The lowest BCUT2D eigenvalue weighted by molar-refractivity contribution is 0.0598. The summed E-state index contributed by atoms with van der Waals surface area (Å²) in [5.74, 6) is -0.820. The minimum absolute atomic E-state index is 0.00981. The molecule has 0 atom stereocenters. The van der Waals surface area contributed by atoms with E-state index in [2.05, 4.69) is 9.89 Å². The number of nitrogens with zero attached hydrogens (tertiary/aromatic N) is 1. The van der Waals surface area contributed by atoms with Crippen molar-refractivity contribution < 1.29 is 19.2 Å². The molecule has 2 rings (SSSR count). The molecule has 1 N–H and O–H groups in total. The van der Waals surface area contributed by atoms with Crippen molar-refractivity contribution in [3.05, 3.63) is 23.4 Å². The first kappa shape index (κ1) is 9.51. The highest BCUT2D eigenvalue weighted by molar-refractivity contribution is 6.04. The number of benzene rings is 1. The normalized spacial score (nSPS) is 10.5. The number of methoxy groups -OCH3 is 1. The van der Waals surface area contributed by atoms with Gasteiger partial charge in [-0.3, -0.25) is 0 Å². The number of hydrogen-bond donors (Lipinski definition) is 1. The molecule has 0 saturated heterocycles. The fourth-order valence-electron chi connectivity index (χ4n) is 1.41. The van der Waals surface area contributed by atoms with Gasteiger partial charge in [0.15, 0.2) is 5.58 Å². The van der Waals surface area contributed by atoms with Crippen LogP contribution in [0, 0.1) is 6.92 Å². The number of carbonyl (C=O) groups is 1. The van der Waals surface area contributed by atoms with E-state index in [9.17, 15) is 9.90 Å². The summed E-state index contributed by atoms with van der Waals surface area (Å²) in [6, 6.07) is 3.06. The smallest absolute Gasteiger partial charge is 0.345 e. The molecule has 0 spiro atoms. The average molecular weight is 207 g/mol. The number of ether oxygens (including phenoxy) is 1. The van der Waals surface area contributed by atoms with E-state index in [1.165, 1.54) is 13.2 Å². The van der Waals surface area contributed by atoms with Crippen LogP contribution in [0.2, 0.25) is 0 Å². The lowest BCUT2D eigenvalue weighted by Crippen LogP contribution is -2.01.